The van der Waals surface area contributed by atoms with Crippen molar-refractivity contribution in [3.8, 4) is 28.7 Å². The molecule has 1 aromatic heterocycles. The first kappa shape index (κ1) is 32.5. The number of rotatable bonds is 5. The lowest BCUT2D eigenvalue weighted by Gasteiger charge is -2.46. The van der Waals surface area contributed by atoms with E-state index in [0.717, 1.165) is 112 Å². The fraction of sp³-hybridized carbons (Fsp3) is 0.143. The molecular weight excluding hydrogens is 705 g/mol. The second-order valence-corrected chi connectivity index (χ2v) is 15.5. The van der Waals surface area contributed by atoms with Gasteiger partial charge in [-0.25, -0.2) is 0 Å². The molecule has 0 radical (unpaired) electrons. The van der Waals surface area contributed by atoms with Crippen LogP contribution in [0.15, 0.2) is 158 Å². The van der Waals surface area contributed by atoms with Gasteiger partial charge < -0.3 is 28.7 Å². The minimum atomic E-state index is 0.744. The third-order valence-corrected chi connectivity index (χ3v) is 12.3. The number of ether oxygens (including phenoxy) is 2. The Morgan fingerprint density at radius 2 is 0.877 bits per heavy atom. The fourth-order valence-corrected chi connectivity index (χ4v) is 9.41. The second-order valence-electron chi connectivity index (χ2n) is 15.5. The van der Waals surface area contributed by atoms with Crippen molar-refractivity contribution in [3.05, 3.63) is 158 Å². The van der Waals surface area contributed by atoms with E-state index in [1.165, 1.54) is 22.9 Å². The van der Waals surface area contributed by atoms with E-state index < -0.39 is 0 Å². The Bertz CT molecular complexity index is 2590. The molecule has 5 heterocycles. The lowest BCUT2D eigenvalue weighted by Crippen LogP contribution is -2.55. The third kappa shape index (κ3) is 5.21. The number of benzene rings is 7. The summed E-state index contributed by atoms with van der Waals surface area (Å²) in [6.45, 7) is 4.35. The highest BCUT2D eigenvalue weighted by atomic mass is 16.5. The highest BCUT2D eigenvalue weighted by Gasteiger charge is 2.34. The number of nitrogens with one attached hydrogen (secondary N) is 2. The van der Waals surface area contributed by atoms with Crippen molar-refractivity contribution in [1.82, 2.24) is 15.4 Å². The van der Waals surface area contributed by atoms with Crippen molar-refractivity contribution in [3.63, 3.8) is 0 Å². The highest BCUT2D eigenvalue weighted by molar-refractivity contribution is 6.12. The van der Waals surface area contributed by atoms with Gasteiger partial charge in [0, 0.05) is 59.7 Å². The zero-order valence-electron chi connectivity index (χ0n) is 31.3. The maximum atomic E-state index is 6.39. The van der Waals surface area contributed by atoms with Crippen LogP contribution in [0.25, 0.3) is 27.5 Å². The zero-order valence-corrected chi connectivity index (χ0v) is 31.3. The maximum Gasteiger partial charge on any atom is 0.151 e. The van der Waals surface area contributed by atoms with Crippen LogP contribution in [0.4, 0.5) is 39.8 Å². The molecule has 4 aliphatic rings. The Hall–Kier alpha value is -6.74. The number of anilines is 7. The summed E-state index contributed by atoms with van der Waals surface area (Å²) in [5.74, 6) is 4.85. The van der Waals surface area contributed by atoms with Crippen LogP contribution in [-0.4, -0.2) is 30.7 Å². The summed E-state index contributed by atoms with van der Waals surface area (Å²) in [5.41, 5.74) is 17.6. The molecule has 7 aromatic carbocycles. The third-order valence-electron chi connectivity index (χ3n) is 12.3. The van der Waals surface area contributed by atoms with Gasteiger partial charge in [0.1, 0.15) is 0 Å². The lowest BCUT2D eigenvalue weighted by atomic mass is 9.82. The van der Waals surface area contributed by atoms with Crippen LogP contribution in [0.5, 0.6) is 23.0 Å². The van der Waals surface area contributed by atoms with Crippen molar-refractivity contribution in [2.45, 2.75) is 6.42 Å². The van der Waals surface area contributed by atoms with Gasteiger partial charge >= 0.3 is 0 Å². The molecule has 0 bridgehead atoms. The molecule has 278 valence electrons. The molecule has 8 aromatic rings. The smallest absolute Gasteiger partial charge is 0.151 e. The van der Waals surface area contributed by atoms with E-state index >= 15 is 0 Å². The first-order valence-electron chi connectivity index (χ1n) is 20.0. The minimum Gasteiger partial charge on any atom is -0.453 e. The van der Waals surface area contributed by atoms with E-state index in [4.69, 9.17) is 9.47 Å². The summed E-state index contributed by atoms with van der Waals surface area (Å²) < 4.78 is 15.2. The van der Waals surface area contributed by atoms with Crippen LogP contribution in [0, 0.1) is 11.8 Å². The number of hydrogen-bond donors (Lipinski definition) is 2. The molecule has 1 unspecified atom stereocenters. The predicted octanol–water partition coefficient (Wildman–Crippen LogP) is 11.5. The van der Waals surface area contributed by atoms with Gasteiger partial charge in [-0.15, -0.1) is 0 Å². The SMILES string of the molecule is c1ccc2c(c1)Oc1ccccc1N2c1ccc2c(c1)c1cc(N3c4ccccc4Oc4ccccc43)ccc1n2-c1ccc(N2CC(C3CCNNC3)C2)cc1. The average molecular weight is 745 g/mol. The Balaban J connectivity index is 1.01. The average Bonchev–Trinajstić information content (AvgIpc) is 3.57. The fourth-order valence-electron chi connectivity index (χ4n) is 9.41. The number of para-hydroxylation sites is 8. The Labute approximate surface area is 331 Å². The van der Waals surface area contributed by atoms with E-state index in [-0.39, 0.29) is 0 Å². The van der Waals surface area contributed by atoms with Gasteiger partial charge in [0.2, 0.25) is 0 Å². The molecule has 8 nitrogen and oxygen atoms in total. The van der Waals surface area contributed by atoms with Crippen molar-refractivity contribution >= 4 is 61.6 Å². The van der Waals surface area contributed by atoms with Crippen LogP contribution in [0.2, 0.25) is 0 Å². The summed E-state index contributed by atoms with van der Waals surface area (Å²) in [4.78, 5) is 7.17. The van der Waals surface area contributed by atoms with Crippen LogP contribution >= 0.6 is 0 Å². The number of hydrazine groups is 1. The van der Waals surface area contributed by atoms with E-state index in [2.05, 4.69) is 139 Å². The van der Waals surface area contributed by atoms with Crippen LogP contribution in [-0.2, 0) is 0 Å². The van der Waals surface area contributed by atoms with Crippen LogP contribution < -0.4 is 35.0 Å². The molecule has 0 saturated carbocycles. The summed E-state index contributed by atoms with van der Waals surface area (Å²) in [5, 5.41) is 2.34. The first-order valence-corrected chi connectivity index (χ1v) is 20.0. The van der Waals surface area contributed by atoms with Crippen LogP contribution in [0.1, 0.15) is 6.42 Å². The molecule has 57 heavy (non-hydrogen) atoms. The molecule has 2 fully saturated rings. The standard InChI is InChI=1S/C49H40N6O2/c1-5-13-46-42(9-1)54(43-10-2-6-14-47(43)56-46)36-21-23-40-38(27-36)39-28-37(55-44-11-3-7-15-48(44)57-49-16-8-4-12-45(49)55)22-24-41(39)53(40)35-19-17-34(18-20-35)52-30-33(31-52)32-25-26-50-51-29-32/h1-24,27-28,32-33,50-51H,25-26,29-31H2. The summed E-state index contributed by atoms with van der Waals surface area (Å²) in [6, 6.07) is 56.1. The monoisotopic (exact) mass is 744 g/mol. The normalized spacial score (nSPS) is 17.3. The largest absolute Gasteiger partial charge is 0.453 e. The number of aromatic nitrogens is 1. The summed E-state index contributed by atoms with van der Waals surface area (Å²) in [6.07, 6.45) is 1.25. The molecule has 0 amide bonds. The molecule has 12 rings (SSSR count). The highest BCUT2D eigenvalue weighted by Crippen LogP contribution is 2.53. The molecule has 8 heteroatoms. The molecule has 0 aliphatic carbocycles. The van der Waals surface area contributed by atoms with Gasteiger partial charge in [-0.2, -0.15) is 0 Å². The number of nitrogens with zero attached hydrogens (tertiary/aromatic N) is 4. The van der Waals surface area contributed by atoms with Gasteiger partial charge in [-0.3, -0.25) is 10.9 Å². The minimum absolute atomic E-state index is 0.744. The van der Waals surface area contributed by atoms with Gasteiger partial charge in [-0.1, -0.05) is 48.5 Å². The molecule has 0 spiro atoms. The molecule has 2 N–H and O–H groups in total. The molecule has 4 aliphatic heterocycles. The summed E-state index contributed by atoms with van der Waals surface area (Å²) >= 11 is 0. The van der Waals surface area contributed by atoms with Gasteiger partial charge in [-0.05, 0) is 127 Å². The van der Waals surface area contributed by atoms with Gasteiger partial charge in [0.15, 0.2) is 23.0 Å². The number of fused-ring (bicyclic) bond motifs is 7. The van der Waals surface area contributed by atoms with Gasteiger partial charge in [0.25, 0.3) is 0 Å². The Kier molecular flexibility index (Phi) is 7.36. The zero-order chi connectivity index (χ0) is 37.5. The maximum absolute atomic E-state index is 6.39. The van der Waals surface area contributed by atoms with Crippen molar-refractivity contribution < 1.29 is 9.47 Å². The summed E-state index contributed by atoms with van der Waals surface area (Å²) in [7, 11) is 0. The van der Waals surface area contributed by atoms with Gasteiger partial charge in [0.05, 0.1) is 33.8 Å². The first-order chi connectivity index (χ1) is 28.2. The number of hydrogen-bond acceptors (Lipinski definition) is 7. The van der Waals surface area contributed by atoms with Crippen molar-refractivity contribution in [2.75, 3.05) is 40.9 Å². The molecule has 1 atom stereocenters. The molecular formula is C49H40N6O2. The van der Waals surface area contributed by atoms with E-state index in [9.17, 15) is 0 Å². The van der Waals surface area contributed by atoms with E-state index in [0.29, 0.717) is 0 Å². The molecule has 2 saturated heterocycles. The van der Waals surface area contributed by atoms with Crippen molar-refractivity contribution in [1.29, 1.82) is 0 Å². The van der Waals surface area contributed by atoms with E-state index in [1.807, 2.05) is 48.5 Å². The quantitative estimate of drug-likeness (QED) is 0.182. The Morgan fingerprint density at radius 3 is 1.33 bits per heavy atom. The van der Waals surface area contributed by atoms with Crippen molar-refractivity contribution in [2.24, 2.45) is 11.8 Å². The Morgan fingerprint density at radius 1 is 0.439 bits per heavy atom. The topological polar surface area (TPSA) is 57.2 Å². The lowest BCUT2D eigenvalue weighted by molar-refractivity contribution is 0.209. The second kappa shape index (κ2) is 12.9. The predicted molar refractivity (Wildman–Crippen MR) is 230 cm³/mol. The van der Waals surface area contributed by atoms with Crippen LogP contribution in [0.3, 0.4) is 0 Å². The van der Waals surface area contributed by atoms with E-state index in [1.54, 1.807) is 0 Å².